The number of allylic oxidation sites excluding steroid dienone is 4. The van der Waals surface area contributed by atoms with E-state index in [4.69, 9.17) is 4.74 Å². The van der Waals surface area contributed by atoms with Gasteiger partial charge in [0.1, 0.15) is 6.10 Å². The van der Waals surface area contributed by atoms with E-state index in [0.29, 0.717) is 40.9 Å². The lowest BCUT2D eigenvalue weighted by atomic mass is 9.40. The molecule has 8 rings (SSSR count). The summed E-state index contributed by atoms with van der Waals surface area (Å²) in [6, 6.07) is 7.35. The van der Waals surface area contributed by atoms with E-state index in [1.807, 2.05) is 27.6 Å². The van der Waals surface area contributed by atoms with Gasteiger partial charge in [0.05, 0.1) is 21.9 Å². The Hall–Kier alpha value is -2.89. The zero-order valence-corrected chi connectivity index (χ0v) is 27.6. The zero-order chi connectivity index (χ0) is 31.4. The molecule has 3 fully saturated rings. The van der Waals surface area contributed by atoms with Crippen LogP contribution in [0.15, 0.2) is 58.2 Å². The minimum Gasteiger partial charge on any atom is -0.462 e. The quantitative estimate of drug-likeness (QED) is 0.270. The number of fused-ring (bicyclic) bond motifs is 2. The van der Waals surface area contributed by atoms with Crippen molar-refractivity contribution in [1.82, 2.24) is 9.36 Å². The second-order valence-electron chi connectivity index (χ2n) is 16.0. The average molecular weight is 599 g/mol. The SMILES string of the molecule is CC(=O)O[C@H]1CC[C@]2(C)[C@@H]3CC[C@]4(C)[C@@H]([C@H](C)/C=C/C(C)C(C)C)CC[C@@H]4[C@@]34C=C[C@]2(C1)n1c(=O)c2ccccc2c(=O)n14. The highest BCUT2D eigenvalue weighted by atomic mass is 16.5. The first kappa shape index (κ1) is 29.8. The van der Waals surface area contributed by atoms with Crippen molar-refractivity contribution >= 4 is 16.7 Å². The first-order valence-corrected chi connectivity index (χ1v) is 17.2. The second-order valence-corrected chi connectivity index (χ2v) is 16.0. The number of esters is 1. The molecule has 236 valence electrons. The molecule has 3 saturated carbocycles. The van der Waals surface area contributed by atoms with Crippen LogP contribution in [-0.2, 0) is 20.6 Å². The molecule has 6 aliphatic rings. The van der Waals surface area contributed by atoms with Gasteiger partial charge >= 0.3 is 5.97 Å². The van der Waals surface area contributed by atoms with Crippen LogP contribution in [0.5, 0.6) is 0 Å². The number of hydrogen-bond acceptors (Lipinski definition) is 4. The van der Waals surface area contributed by atoms with Crippen molar-refractivity contribution in [3.63, 3.8) is 0 Å². The zero-order valence-electron chi connectivity index (χ0n) is 27.6. The molecule has 0 radical (unpaired) electrons. The largest absolute Gasteiger partial charge is 0.462 e. The average Bonchev–Trinajstić information content (AvgIpc) is 3.35. The first-order valence-electron chi connectivity index (χ1n) is 17.2. The summed E-state index contributed by atoms with van der Waals surface area (Å²) < 4.78 is 9.68. The van der Waals surface area contributed by atoms with Gasteiger partial charge in [0, 0.05) is 18.8 Å². The van der Waals surface area contributed by atoms with Crippen molar-refractivity contribution in [2.24, 2.45) is 46.3 Å². The van der Waals surface area contributed by atoms with E-state index in [2.05, 4.69) is 65.8 Å². The summed E-state index contributed by atoms with van der Waals surface area (Å²) in [5, 5.41) is 0.990. The maximum Gasteiger partial charge on any atom is 0.302 e. The highest BCUT2D eigenvalue weighted by molar-refractivity contribution is 5.80. The molecule has 2 aromatic rings. The van der Waals surface area contributed by atoms with Crippen LogP contribution in [0.2, 0.25) is 0 Å². The Morgan fingerprint density at radius 3 is 2.23 bits per heavy atom. The van der Waals surface area contributed by atoms with Gasteiger partial charge in [-0.1, -0.05) is 78.0 Å². The summed E-state index contributed by atoms with van der Waals surface area (Å²) in [5.41, 5.74) is -1.65. The van der Waals surface area contributed by atoms with Crippen molar-refractivity contribution in [3.8, 4) is 0 Å². The van der Waals surface area contributed by atoms with Crippen LogP contribution in [0.4, 0.5) is 0 Å². The lowest BCUT2D eigenvalue weighted by Crippen LogP contribution is -2.78. The van der Waals surface area contributed by atoms with E-state index >= 15 is 0 Å². The van der Waals surface area contributed by atoms with Gasteiger partial charge < -0.3 is 4.74 Å². The predicted octanol–water partition coefficient (Wildman–Crippen LogP) is 7.19. The second kappa shape index (κ2) is 9.80. The Kier molecular flexibility index (Phi) is 6.64. The van der Waals surface area contributed by atoms with Gasteiger partial charge in [-0.25, -0.2) is 9.36 Å². The highest BCUT2D eigenvalue weighted by Crippen LogP contribution is 2.74. The molecule has 0 amide bonds. The first-order chi connectivity index (χ1) is 20.8. The molecule has 2 spiro atoms. The molecule has 6 heteroatoms. The van der Waals surface area contributed by atoms with Gasteiger partial charge in [-0.2, -0.15) is 0 Å². The molecule has 2 bridgehead atoms. The van der Waals surface area contributed by atoms with Crippen molar-refractivity contribution in [3.05, 3.63) is 69.3 Å². The number of nitrogens with zero attached hydrogens (tertiary/aromatic N) is 2. The number of benzene rings is 1. The monoisotopic (exact) mass is 598 g/mol. The van der Waals surface area contributed by atoms with Gasteiger partial charge in [0.25, 0.3) is 11.1 Å². The third kappa shape index (κ3) is 3.63. The minimum atomic E-state index is -0.729. The molecule has 10 atom stereocenters. The fourth-order valence-corrected chi connectivity index (χ4v) is 11.4. The van der Waals surface area contributed by atoms with Crippen LogP contribution in [0.25, 0.3) is 10.8 Å². The van der Waals surface area contributed by atoms with E-state index in [-0.39, 0.29) is 45.9 Å². The van der Waals surface area contributed by atoms with Gasteiger partial charge in [-0.15, -0.1) is 0 Å². The summed E-state index contributed by atoms with van der Waals surface area (Å²) in [5.74, 6) is 2.29. The van der Waals surface area contributed by atoms with E-state index in [9.17, 15) is 14.4 Å². The normalized spacial score (nSPS) is 40.0. The summed E-state index contributed by atoms with van der Waals surface area (Å²) in [7, 11) is 0. The molecule has 44 heavy (non-hydrogen) atoms. The van der Waals surface area contributed by atoms with E-state index < -0.39 is 11.1 Å². The summed E-state index contributed by atoms with van der Waals surface area (Å²) in [4.78, 5) is 41.6. The topological polar surface area (TPSA) is 70.3 Å². The predicted molar refractivity (Wildman–Crippen MR) is 174 cm³/mol. The fourth-order valence-electron chi connectivity index (χ4n) is 11.4. The molecule has 4 aliphatic carbocycles. The molecule has 1 aromatic carbocycles. The third-order valence-corrected chi connectivity index (χ3v) is 13.9. The molecule has 2 aliphatic heterocycles. The van der Waals surface area contributed by atoms with Gasteiger partial charge in [-0.3, -0.25) is 14.4 Å². The van der Waals surface area contributed by atoms with E-state index in [0.717, 1.165) is 38.5 Å². The number of ether oxygens (including phenoxy) is 1. The third-order valence-electron chi connectivity index (χ3n) is 13.9. The number of hydrogen-bond donors (Lipinski definition) is 0. The van der Waals surface area contributed by atoms with Crippen LogP contribution in [0.1, 0.15) is 93.4 Å². The van der Waals surface area contributed by atoms with Crippen LogP contribution in [0, 0.1) is 46.3 Å². The Morgan fingerprint density at radius 1 is 0.886 bits per heavy atom. The van der Waals surface area contributed by atoms with Crippen LogP contribution in [0.3, 0.4) is 0 Å². The van der Waals surface area contributed by atoms with Crippen molar-refractivity contribution in [2.45, 2.75) is 111 Å². The van der Waals surface area contributed by atoms with Gasteiger partial charge in [0.2, 0.25) is 0 Å². The Labute approximate surface area is 261 Å². The lowest BCUT2D eigenvalue weighted by Gasteiger charge is -2.72. The van der Waals surface area contributed by atoms with Gasteiger partial charge in [0.15, 0.2) is 0 Å². The van der Waals surface area contributed by atoms with Crippen molar-refractivity contribution in [2.75, 3.05) is 0 Å². The van der Waals surface area contributed by atoms with Crippen molar-refractivity contribution in [1.29, 1.82) is 0 Å². The highest BCUT2D eigenvalue weighted by Gasteiger charge is 2.74. The Balaban J connectivity index is 1.45. The Bertz CT molecular complexity index is 1700. The minimum absolute atomic E-state index is 0.0419. The Morgan fingerprint density at radius 2 is 1.57 bits per heavy atom. The lowest BCUT2D eigenvalue weighted by molar-refractivity contribution is -0.205. The summed E-state index contributed by atoms with van der Waals surface area (Å²) in [6.45, 7) is 15.6. The van der Waals surface area contributed by atoms with Crippen LogP contribution in [-0.4, -0.2) is 21.4 Å². The number of rotatable bonds is 5. The molecule has 1 aromatic heterocycles. The molecule has 0 N–H and O–H groups in total. The van der Waals surface area contributed by atoms with Crippen molar-refractivity contribution < 1.29 is 9.53 Å². The number of carbonyl (C=O) groups excluding carboxylic acids is 1. The smallest absolute Gasteiger partial charge is 0.302 e. The van der Waals surface area contributed by atoms with Crippen LogP contribution < -0.4 is 11.1 Å². The number of carbonyl (C=O) groups is 1. The molecular weight excluding hydrogens is 548 g/mol. The van der Waals surface area contributed by atoms with Crippen LogP contribution >= 0.6 is 0 Å². The maximum absolute atomic E-state index is 14.8. The molecule has 0 saturated heterocycles. The maximum atomic E-state index is 14.8. The number of aromatic nitrogens is 2. The van der Waals surface area contributed by atoms with E-state index in [1.165, 1.54) is 6.92 Å². The molecule has 6 nitrogen and oxygen atoms in total. The fraction of sp³-hybridized carbons (Fsp3) is 0.658. The summed E-state index contributed by atoms with van der Waals surface area (Å²) >= 11 is 0. The molecule has 1 unspecified atom stereocenters. The molecule has 3 heterocycles. The summed E-state index contributed by atoms with van der Waals surface area (Å²) in [6.07, 6.45) is 15.7. The van der Waals surface area contributed by atoms with E-state index in [1.54, 1.807) is 6.07 Å². The standard InChI is InChI=1S/C38H50N2O4/c1-23(2)24(3)12-13-25(4)30-14-15-31-35(30,6)18-17-32-36(7)19-16-27(44-26(5)41)22-37(36)20-21-38(31,32)40-34(43)29-11-9-8-10-28(29)33(42)39(37)40/h8-13,20-21,23-25,27,30-32H,14-19,22H2,1-7H3/b13-12+/t24?,25-,27+,30-,31+,32+,35-,36-,37-,38+/m1/s1. The van der Waals surface area contributed by atoms with Gasteiger partial charge in [-0.05, 0) is 91.6 Å². The molecular formula is C38H50N2O4.